The second-order valence-electron chi connectivity index (χ2n) is 3.86. The van der Waals surface area contributed by atoms with Gasteiger partial charge in [-0.15, -0.1) is 22.7 Å². The molecule has 0 saturated heterocycles. The van der Waals surface area contributed by atoms with Gasteiger partial charge in [0, 0.05) is 28.4 Å². The first-order chi connectivity index (χ1) is 7.70. The minimum absolute atomic E-state index is 0.0977. The Kier molecular flexibility index (Phi) is 3.74. The van der Waals surface area contributed by atoms with Gasteiger partial charge in [0.2, 0.25) is 0 Å². The molecule has 0 amide bonds. The lowest BCUT2D eigenvalue weighted by Gasteiger charge is -2.09. The normalized spacial score (nSPS) is 12.9. The molecule has 0 aliphatic heterocycles. The molecule has 16 heavy (non-hydrogen) atoms. The van der Waals surface area contributed by atoms with Crippen molar-refractivity contribution in [2.45, 2.75) is 32.7 Å². The van der Waals surface area contributed by atoms with Crippen LogP contribution >= 0.6 is 22.7 Å². The number of thiazole rings is 1. The zero-order chi connectivity index (χ0) is 11.5. The Morgan fingerprint density at radius 1 is 1.44 bits per heavy atom. The van der Waals surface area contributed by atoms with Crippen molar-refractivity contribution in [2.24, 2.45) is 5.73 Å². The van der Waals surface area contributed by atoms with Crippen molar-refractivity contribution >= 4 is 22.7 Å². The van der Waals surface area contributed by atoms with Crippen LogP contribution in [0, 0.1) is 6.92 Å². The maximum atomic E-state index is 6.23. The first-order valence-electron chi connectivity index (χ1n) is 5.43. The lowest BCUT2D eigenvalue weighted by Crippen LogP contribution is -2.13. The minimum Gasteiger partial charge on any atom is -0.323 e. The Bertz CT molecular complexity index is 459. The predicted octanol–water partition coefficient (Wildman–Crippen LogP) is 3.32. The summed E-state index contributed by atoms with van der Waals surface area (Å²) in [6.07, 6.45) is 1.91. The maximum absolute atomic E-state index is 6.23. The number of nitrogens with two attached hydrogens (primary N) is 1. The van der Waals surface area contributed by atoms with E-state index < -0.39 is 0 Å². The summed E-state index contributed by atoms with van der Waals surface area (Å²) in [6, 6.07) is 2.27. The number of aryl methyl sites for hydroxylation is 2. The van der Waals surface area contributed by atoms with E-state index in [0.29, 0.717) is 0 Å². The average Bonchev–Trinajstić information content (AvgIpc) is 2.86. The molecule has 86 valence electrons. The Morgan fingerprint density at radius 2 is 2.25 bits per heavy atom. The van der Waals surface area contributed by atoms with Gasteiger partial charge < -0.3 is 5.73 Å². The van der Waals surface area contributed by atoms with Crippen molar-refractivity contribution < 1.29 is 0 Å². The lowest BCUT2D eigenvalue weighted by atomic mass is 10.1. The van der Waals surface area contributed by atoms with Gasteiger partial charge in [0.15, 0.2) is 0 Å². The van der Waals surface area contributed by atoms with Crippen molar-refractivity contribution in [2.75, 3.05) is 0 Å². The van der Waals surface area contributed by atoms with Gasteiger partial charge >= 0.3 is 0 Å². The van der Waals surface area contributed by atoms with Crippen LogP contribution in [-0.2, 0) is 12.8 Å². The third-order valence-electron chi connectivity index (χ3n) is 2.56. The molecule has 0 fully saturated rings. The predicted molar refractivity (Wildman–Crippen MR) is 71.2 cm³/mol. The van der Waals surface area contributed by atoms with E-state index in [-0.39, 0.29) is 6.04 Å². The molecule has 2 aromatic rings. The standard InChI is InChI=1S/C12H16N2S2/c1-3-9-4-5-15-12(9)10(13)6-11-14-8(2)7-16-11/h4-5,7,10H,3,6,13H2,1-2H3. The minimum atomic E-state index is 0.0977. The Labute approximate surface area is 104 Å². The Morgan fingerprint density at radius 3 is 2.88 bits per heavy atom. The van der Waals surface area contributed by atoms with E-state index >= 15 is 0 Å². The summed E-state index contributed by atoms with van der Waals surface area (Å²) in [5.74, 6) is 0. The molecule has 2 N–H and O–H groups in total. The molecule has 0 radical (unpaired) electrons. The fourth-order valence-electron chi connectivity index (χ4n) is 1.74. The molecule has 0 aliphatic rings. The lowest BCUT2D eigenvalue weighted by molar-refractivity contribution is 0.722. The molecule has 0 saturated carbocycles. The smallest absolute Gasteiger partial charge is 0.0947 e. The van der Waals surface area contributed by atoms with Crippen LogP contribution in [-0.4, -0.2) is 4.98 Å². The molecular weight excluding hydrogens is 236 g/mol. The second kappa shape index (κ2) is 5.08. The fraction of sp³-hybridized carbons (Fsp3) is 0.417. The third-order valence-corrected chi connectivity index (χ3v) is 4.64. The van der Waals surface area contributed by atoms with Crippen LogP contribution in [0.25, 0.3) is 0 Å². The molecule has 0 spiro atoms. The highest BCUT2D eigenvalue weighted by Gasteiger charge is 2.13. The Balaban J connectivity index is 2.11. The zero-order valence-corrected chi connectivity index (χ0v) is 11.2. The molecule has 1 atom stereocenters. The molecule has 0 bridgehead atoms. The second-order valence-corrected chi connectivity index (χ2v) is 5.75. The molecule has 0 aliphatic carbocycles. The summed E-state index contributed by atoms with van der Waals surface area (Å²) in [5, 5.41) is 5.35. The highest BCUT2D eigenvalue weighted by molar-refractivity contribution is 7.10. The summed E-state index contributed by atoms with van der Waals surface area (Å²) >= 11 is 3.46. The SMILES string of the molecule is CCc1ccsc1C(N)Cc1nc(C)cs1. The summed E-state index contributed by atoms with van der Waals surface area (Å²) in [7, 11) is 0. The van der Waals surface area contributed by atoms with Crippen molar-refractivity contribution in [3.63, 3.8) is 0 Å². The van der Waals surface area contributed by atoms with Crippen LogP contribution in [0.1, 0.15) is 34.1 Å². The van der Waals surface area contributed by atoms with Crippen molar-refractivity contribution in [1.29, 1.82) is 0 Å². The number of nitrogens with zero attached hydrogens (tertiary/aromatic N) is 1. The quantitative estimate of drug-likeness (QED) is 0.906. The zero-order valence-electron chi connectivity index (χ0n) is 9.56. The molecule has 1 unspecified atom stereocenters. The van der Waals surface area contributed by atoms with E-state index in [0.717, 1.165) is 23.5 Å². The molecular formula is C12H16N2S2. The summed E-state index contributed by atoms with van der Waals surface area (Å²) in [6.45, 7) is 4.19. The summed E-state index contributed by atoms with van der Waals surface area (Å²) in [4.78, 5) is 5.77. The highest BCUT2D eigenvalue weighted by atomic mass is 32.1. The van der Waals surface area contributed by atoms with Gasteiger partial charge in [-0.05, 0) is 30.4 Å². The van der Waals surface area contributed by atoms with Crippen molar-refractivity contribution in [1.82, 2.24) is 4.98 Å². The molecule has 4 heteroatoms. The average molecular weight is 252 g/mol. The topological polar surface area (TPSA) is 38.9 Å². The van der Waals surface area contributed by atoms with Gasteiger partial charge in [-0.25, -0.2) is 4.98 Å². The van der Waals surface area contributed by atoms with E-state index in [2.05, 4.69) is 28.7 Å². The number of rotatable bonds is 4. The van der Waals surface area contributed by atoms with E-state index in [1.54, 1.807) is 22.7 Å². The fourth-order valence-corrected chi connectivity index (χ4v) is 3.57. The van der Waals surface area contributed by atoms with Crippen LogP contribution in [0.5, 0.6) is 0 Å². The maximum Gasteiger partial charge on any atom is 0.0947 e. The first-order valence-corrected chi connectivity index (χ1v) is 7.19. The van der Waals surface area contributed by atoms with Crippen LogP contribution in [0.3, 0.4) is 0 Å². The van der Waals surface area contributed by atoms with Crippen LogP contribution < -0.4 is 5.73 Å². The third kappa shape index (κ3) is 2.51. The summed E-state index contributed by atoms with van der Waals surface area (Å²) < 4.78 is 0. The van der Waals surface area contributed by atoms with Crippen LogP contribution in [0.4, 0.5) is 0 Å². The largest absolute Gasteiger partial charge is 0.323 e. The number of aromatic nitrogens is 1. The molecule has 2 aromatic heterocycles. The van der Waals surface area contributed by atoms with Gasteiger partial charge in [0.05, 0.1) is 5.01 Å². The number of hydrogen-bond acceptors (Lipinski definition) is 4. The van der Waals surface area contributed by atoms with Gasteiger partial charge in [0.25, 0.3) is 0 Å². The highest BCUT2D eigenvalue weighted by Crippen LogP contribution is 2.26. The van der Waals surface area contributed by atoms with Gasteiger partial charge in [-0.1, -0.05) is 6.92 Å². The van der Waals surface area contributed by atoms with E-state index in [1.807, 2.05) is 6.92 Å². The molecule has 2 rings (SSSR count). The van der Waals surface area contributed by atoms with Crippen molar-refractivity contribution in [3.05, 3.63) is 38.0 Å². The number of hydrogen-bond donors (Lipinski definition) is 1. The Hall–Kier alpha value is -0.710. The van der Waals surface area contributed by atoms with Crippen LogP contribution in [0.15, 0.2) is 16.8 Å². The van der Waals surface area contributed by atoms with Gasteiger partial charge in [0.1, 0.15) is 0 Å². The van der Waals surface area contributed by atoms with E-state index in [9.17, 15) is 0 Å². The summed E-state index contributed by atoms with van der Waals surface area (Å²) in [5.41, 5.74) is 8.71. The van der Waals surface area contributed by atoms with E-state index in [1.165, 1.54) is 10.4 Å². The van der Waals surface area contributed by atoms with Gasteiger partial charge in [-0.2, -0.15) is 0 Å². The molecule has 2 heterocycles. The molecule has 2 nitrogen and oxygen atoms in total. The van der Waals surface area contributed by atoms with Gasteiger partial charge in [-0.3, -0.25) is 0 Å². The number of thiophene rings is 1. The van der Waals surface area contributed by atoms with E-state index in [4.69, 9.17) is 5.73 Å². The van der Waals surface area contributed by atoms with Crippen molar-refractivity contribution in [3.8, 4) is 0 Å². The molecule has 0 aromatic carbocycles. The first kappa shape index (κ1) is 11.8. The van der Waals surface area contributed by atoms with Crippen LogP contribution in [0.2, 0.25) is 0 Å². The monoisotopic (exact) mass is 252 g/mol.